The number of phenolic OH excluding ortho intramolecular Hbond substituents is 1. The molecule has 0 aromatic heterocycles. The topological polar surface area (TPSA) is 29.5 Å². The highest BCUT2D eigenvalue weighted by atomic mass is 16.5. The standard InChI is InChI=1S/C32H50O2/c1-3-5-7-9-11-12-13-14-16-21-25-30-28(22-18-15-10-8-6-4-2)26-27-31(33)32(30)34-29-23-19-17-20-24-29/h17,19-20,23-24,26-27,33H,3-16,18,21-22,25H2,1-2H3. The molecule has 1 N–H and O–H groups in total. The maximum Gasteiger partial charge on any atom is 0.172 e. The zero-order chi connectivity index (χ0) is 24.3. The van der Waals surface area contributed by atoms with Crippen LogP contribution >= 0.6 is 0 Å². The number of unbranched alkanes of at least 4 members (excludes halogenated alkanes) is 14. The zero-order valence-corrected chi connectivity index (χ0v) is 22.1. The number of phenols is 1. The quantitative estimate of drug-likeness (QED) is 0.197. The summed E-state index contributed by atoms with van der Waals surface area (Å²) in [6.45, 7) is 4.55. The van der Waals surface area contributed by atoms with Crippen LogP contribution in [-0.4, -0.2) is 5.11 Å². The van der Waals surface area contributed by atoms with Gasteiger partial charge in [-0.1, -0.05) is 128 Å². The summed E-state index contributed by atoms with van der Waals surface area (Å²) in [7, 11) is 0. The molecular formula is C32H50O2. The van der Waals surface area contributed by atoms with Gasteiger partial charge in [-0.15, -0.1) is 0 Å². The molecule has 2 aromatic carbocycles. The number of hydrogen-bond acceptors (Lipinski definition) is 2. The minimum Gasteiger partial charge on any atom is -0.504 e. The summed E-state index contributed by atoms with van der Waals surface area (Å²) in [5.74, 6) is 1.72. The smallest absolute Gasteiger partial charge is 0.172 e. The van der Waals surface area contributed by atoms with Gasteiger partial charge in [0, 0.05) is 5.56 Å². The van der Waals surface area contributed by atoms with E-state index < -0.39 is 0 Å². The van der Waals surface area contributed by atoms with Crippen LogP contribution in [0.5, 0.6) is 17.2 Å². The highest BCUT2D eigenvalue weighted by Gasteiger charge is 2.15. The van der Waals surface area contributed by atoms with Crippen molar-refractivity contribution in [1.82, 2.24) is 0 Å². The molecule has 0 heterocycles. The molecule has 0 unspecified atom stereocenters. The van der Waals surface area contributed by atoms with Crippen LogP contribution in [-0.2, 0) is 12.8 Å². The number of aromatic hydroxyl groups is 1. The number of para-hydroxylation sites is 1. The summed E-state index contributed by atoms with van der Waals surface area (Å²) in [5.41, 5.74) is 2.58. The van der Waals surface area contributed by atoms with Crippen LogP contribution in [0.25, 0.3) is 0 Å². The Balaban J connectivity index is 1.91. The SMILES string of the molecule is CCCCCCCCCCCCc1c(CCCCCCCC)ccc(O)c1Oc1ccccc1. The molecule has 2 aromatic rings. The van der Waals surface area contributed by atoms with Gasteiger partial charge in [0.2, 0.25) is 0 Å². The molecule has 34 heavy (non-hydrogen) atoms. The van der Waals surface area contributed by atoms with E-state index in [0.29, 0.717) is 5.75 Å². The van der Waals surface area contributed by atoms with Gasteiger partial charge in [-0.3, -0.25) is 0 Å². The number of rotatable bonds is 20. The first-order chi connectivity index (χ1) is 16.8. The second kappa shape index (κ2) is 18.4. The summed E-state index contributed by atoms with van der Waals surface area (Å²) in [6.07, 6.45) is 23.2. The number of benzene rings is 2. The summed E-state index contributed by atoms with van der Waals surface area (Å²) in [6, 6.07) is 13.8. The molecule has 0 spiro atoms. The predicted molar refractivity (Wildman–Crippen MR) is 147 cm³/mol. The zero-order valence-electron chi connectivity index (χ0n) is 22.1. The van der Waals surface area contributed by atoms with Crippen LogP contribution in [0.1, 0.15) is 128 Å². The maximum absolute atomic E-state index is 10.7. The maximum atomic E-state index is 10.7. The van der Waals surface area contributed by atoms with Crippen molar-refractivity contribution in [2.75, 3.05) is 0 Å². The highest BCUT2D eigenvalue weighted by molar-refractivity contribution is 5.52. The van der Waals surface area contributed by atoms with E-state index >= 15 is 0 Å². The van der Waals surface area contributed by atoms with Crippen molar-refractivity contribution in [2.45, 2.75) is 129 Å². The third kappa shape index (κ3) is 11.4. The van der Waals surface area contributed by atoms with Crippen LogP contribution < -0.4 is 4.74 Å². The van der Waals surface area contributed by atoms with Gasteiger partial charge in [0.05, 0.1) is 0 Å². The molecule has 0 aliphatic heterocycles. The summed E-state index contributed by atoms with van der Waals surface area (Å²) < 4.78 is 6.23. The molecular weight excluding hydrogens is 416 g/mol. The molecule has 0 aliphatic carbocycles. The number of aryl methyl sites for hydroxylation is 1. The number of ether oxygens (including phenoxy) is 1. The van der Waals surface area contributed by atoms with Gasteiger partial charge in [0.15, 0.2) is 11.5 Å². The molecule has 0 radical (unpaired) electrons. The Hall–Kier alpha value is -1.96. The average Bonchev–Trinajstić information content (AvgIpc) is 2.86. The lowest BCUT2D eigenvalue weighted by Crippen LogP contribution is -2.00. The first kappa shape index (κ1) is 28.3. The second-order valence-corrected chi connectivity index (χ2v) is 9.92. The second-order valence-electron chi connectivity index (χ2n) is 9.92. The van der Waals surface area contributed by atoms with Crippen molar-refractivity contribution in [3.8, 4) is 17.2 Å². The van der Waals surface area contributed by atoms with Gasteiger partial charge in [-0.25, -0.2) is 0 Å². The lowest BCUT2D eigenvalue weighted by molar-refractivity contribution is 0.405. The van der Waals surface area contributed by atoms with Crippen LogP contribution in [0.2, 0.25) is 0 Å². The van der Waals surface area contributed by atoms with Crippen molar-refractivity contribution in [2.24, 2.45) is 0 Å². The molecule has 190 valence electrons. The van der Waals surface area contributed by atoms with E-state index in [-0.39, 0.29) is 5.75 Å². The minimum atomic E-state index is 0.262. The molecule has 2 heteroatoms. The van der Waals surface area contributed by atoms with Gasteiger partial charge in [-0.2, -0.15) is 0 Å². The normalized spacial score (nSPS) is 11.1. The van der Waals surface area contributed by atoms with E-state index in [0.717, 1.165) is 25.0 Å². The van der Waals surface area contributed by atoms with Gasteiger partial charge in [-0.05, 0) is 49.4 Å². The van der Waals surface area contributed by atoms with Crippen molar-refractivity contribution >= 4 is 0 Å². The Morgan fingerprint density at radius 1 is 0.559 bits per heavy atom. The molecule has 2 nitrogen and oxygen atoms in total. The van der Waals surface area contributed by atoms with E-state index in [1.54, 1.807) is 0 Å². The third-order valence-corrected chi connectivity index (χ3v) is 6.88. The first-order valence-corrected chi connectivity index (χ1v) is 14.3. The average molecular weight is 467 g/mol. The van der Waals surface area contributed by atoms with Gasteiger partial charge < -0.3 is 9.84 Å². The highest BCUT2D eigenvalue weighted by Crippen LogP contribution is 2.38. The predicted octanol–water partition coefficient (Wildman–Crippen LogP) is 10.6. The molecule has 0 fully saturated rings. The molecule has 0 saturated carbocycles. The van der Waals surface area contributed by atoms with Crippen LogP contribution in [0.3, 0.4) is 0 Å². The molecule has 0 saturated heterocycles. The molecule has 0 aliphatic rings. The minimum absolute atomic E-state index is 0.262. The van der Waals surface area contributed by atoms with Crippen LogP contribution in [0.4, 0.5) is 0 Å². The lowest BCUT2D eigenvalue weighted by Gasteiger charge is -2.17. The fraction of sp³-hybridized carbons (Fsp3) is 0.625. The molecule has 0 atom stereocenters. The Morgan fingerprint density at radius 2 is 1.06 bits per heavy atom. The fourth-order valence-corrected chi connectivity index (χ4v) is 4.77. The third-order valence-electron chi connectivity index (χ3n) is 6.88. The largest absolute Gasteiger partial charge is 0.504 e. The first-order valence-electron chi connectivity index (χ1n) is 14.3. The Labute approximate surface area is 210 Å². The molecule has 0 bridgehead atoms. The van der Waals surface area contributed by atoms with E-state index in [1.165, 1.54) is 107 Å². The van der Waals surface area contributed by atoms with Gasteiger partial charge in [0.25, 0.3) is 0 Å². The Morgan fingerprint density at radius 3 is 1.62 bits per heavy atom. The van der Waals surface area contributed by atoms with E-state index in [2.05, 4.69) is 19.9 Å². The fourth-order valence-electron chi connectivity index (χ4n) is 4.77. The lowest BCUT2D eigenvalue weighted by atomic mass is 9.95. The van der Waals surface area contributed by atoms with Crippen LogP contribution in [0.15, 0.2) is 42.5 Å². The van der Waals surface area contributed by atoms with Gasteiger partial charge >= 0.3 is 0 Å². The van der Waals surface area contributed by atoms with Gasteiger partial charge in [0.1, 0.15) is 5.75 Å². The Bertz CT molecular complexity index is 753. The summed E-state index contributed by atoms with van der Waals surface area (Å²) in [4.78, 5) is 0. The molecule has 0 amide bonds. The van der Waals surface area contributed by atoms with Crippen LogP contribution in [0, 0.1) is 0 Å². The van der Waals surface area contributed by atoms with Crippen molar-refractivity contribution in [1.29, 1.82) is 0 Å². The van der Waals surface area contributed by atoms with Crippen molar-refractivity contribution < 1.29 is 9.84 Å². The van der Waals surface area contributed by atoms with E-state index in [9.17, 15) is 5.11 Å². The monoisotopic (exact) mass is 466 g/mol. The summed E-state index contributed by atoms with van der Waals surface area (Å²) >= 11 is 0. The summed E-state index contributed by atoms with van der Waals surface area (Å²) in [5, 5.41) is 10.7. The van der Waals surface area contributed by atoms with E-state index in [4.69, 9.17) is 4.74 Å². The number of hydrogen-bond donors (Lipinski definition) is 1. The van der Waals surface area contributed by atoms with Crippen molar-refractivity contribution in [3.63, 3.8) is 0 Å². The van der Waals surface area contributed by atoms with Crippen molar-refractivity contribution in [3.05, 3.63) is 53.6 Å². The molecule has 2 rings (SSSR count). The van der Waals surface area contributed by atoms with E-state index in [1.807, 2.05) is 36.4 Å². The Kier molecular flexibility index (Phi) is 15.3.